The third-order valence-electron chi connectivity index (χ3n) is 4.37. The maximum atomic E-state index is 12.3. The van der Waals surface area contributed by atoms with Crippen LogP contribution in [0.4, 0.5) is 0 Å². The molecule has 0 N–H and O–H groups in total. The number of benzene rings is 1. The lowest BCUT2D eigenvalue weighted by atomic mass is 10.1. The molecule has 0 radical (unpaired) electrons. The van der Waals surface area contributed by atoms with Crippen LogP contribution in [0.5, 0.6) is 0 Å². The Morgan fingerprint density at radius 3 is 1.96 bits per heavy atom. The van der Waals surface area contributed by atoms with Gasteiger partial charge < -0.3 is 19.3 Å². The fraction of sp³-hybridized carbons (Fsp3) is 0.476. The van der Waals surface area contributed by atoms with E-state index in [0.29, 0.717) is 24.8 Å². The first-order valence-corrected chi connectivity index (χ1v) is 9.29. The monoisotopic (exact) mass is 388 g/mol. The van der Waals surface area contributed by atoms with Gasteiger partial charge >= 0.3 is 0 Å². The van der Waals surface area contributed by atoms with Gasteiger partial charge in [-0.1, -0.05) is 36.4 Å². The molecule has 1 aliphatic heterocycles. The number of carbonyl (C=O) groups excluding carboxylic acids is 3. The summed E-state index contributed by atoms with van der Waals surface area (Å²) in [5.74, 6) is -0.523. The second-order valence-electron chi connectivity index (χ2n) is 7.06. The Kier molecular flexibility index (Phi) is 7.90. The highest BCUT2D eigenvalue weighted by Crippen LogP contribution is 2.23. The zero-order valence-corrected chi connectivity index (χ0v) is 16.8. The standard InChI is InChI=1S/C21H28N2O5/c1-22(2)20(25)18-19(21(26)23(3)4)28-17(27-18)14-10-6-9-13-16(24)15-11-7-5-8-12-15/h5,7-8,10-12,14,17-19H,6,9,13H2,1-4H3/b14-10+/t18-,19-/m1/s1. The van der Waals surface area contributed by atoms with Gasteiger partial charge in [0.05, 0.1) is 0 Å². The highest BCUT2D eigenvalue weighted by atomic mass is 16.7. The summed E-state index contributed by atoms with van der Waals surface area (Å²) in [7, 11) is 6.43. The minimum atomic E-state index is -0.973. The highest BCUT2D eigenvalue weighted by Gasteiger charge is 2.45. The van der Waals surface area contributed by atoms with Gasteiger partial charge in [0, 0.05) is 40.2 Å². The maximum Gasteiger partial charge on any atom is 0.254 e. The number of amides is 2. The number of unbranched alkanes of at least 4 members (excludes halogenated alkanes) is 1. The van der Waals surface area contributed by atoms with Crippen LogP contribution in [0, 0.1) is 0 Å². The second kappa shape index (κ2) is 10.1. The lowest BCUT2D eigenvalue weighted by Gasteiger charge is -2.21. The predicted molar refractivity (Wildman–Crippen MR) is 105 cm³/mol. The SMILES string of the molecule is CN(C)C(=O)[C@@H]1OC(/C=C/CCCC(=O)c2ccccc2)O[C@H]1C(=O)N(C)C. The third-order valence-corrected chi connectivity index (χ3v) is 4.37. The van der Waals surface area contributed by atoms with Crippen molar-refractivity contribution in [2.75, 3.05) is 28.2 Å². The van der Waals surface area contributed by atoms with Gasteiger partial charge in [-0.05, 0) is 18.9 Å². The molecule has 0 spiro atoms. The fourth-order valence-electron chi connectivity index (χ4n) is 2.80. The number of likely N-dealkylation sites (N-methyl/N-ethyl adjacent to an activating group) is 2. The summed E-state index contributed by atoms with van der Waals surface area (Å²) in [5.41, 5.74) is 0.712. The summed E-state index contributed by atoms with van der Waals surface area (Å²) in [5, 5.41) is 0. The van der Waals surface area contributed by atoms with Crippen molar-refractivity contribution in [1.82, 2.24) is 9.80 Å². The van der Waals surface area contributed by atoms with Gasteiger partial charge in [0.2, 0.25) is 0 Å². The number of nitrogens with zero attached hydrogens (tertiary/aromatic N) is 2. The van der Waals surface area contributed by atoms with E-state index in [1.807, 2.05) is 36.4 Å². The molecule has 0 saturated carbocycles. The first-order chi connectivity index (χ1) is 13.3. The van der Waals surface area contributed by atoms with E-state index in [4.69, 9.17) is 9.47 Å². The molecule has 0 aliphatic carbocycles. The van der Waals surface area contributed by atoms with Crippen LogP contribution >= 0.6 is 0 Å². The average molecular weight is 388 g/mol. The Labute approximate surface area is 165 Å². The van der Waals surface area contributed by atoms with Gasteiger partial charge in [-0.25, -0.2) is 0 Å². The minimum absolute atomic E-state index is 0.107. The summed E-state index contributed by atoms with van der Waals surface area (Å²) in [6.45, 7) is 0. The van der Waals surface area contributed by atoms with E-state index in [2.05, 4.69) is 0 Å². The molecule has 7 heteroatoms. The number of rotatable bonds is 8. The molecule has 1 heterocycles. The van der Waals surface area contributed by atoms with Gasteiger partial charge in [-0.15, -0.1) is 0 Å². The Morgan fingerprint density at radius 1 is 0.929 bits per heavy atom. The van der Waals surface area contributed by atoms with Crippen molar-refractivity contribution in [2.24, 2.45) is 0 Å². The van der Waals surface area contributed by atoms with Crippen LogP contribution in [0.1, 0.15) is 29.6 Å². The molecule has 1 saturated heterocycles. The quantitative estimate of drug-likeness (QED) is 0.386. The summed E-state index contributed by atoms with van der Waals surface area (Å²) in [6, 6.07) is 9.19. The first-order valence-electron chi connectivity index (χ1n) is 9.29. The summed E-state index contributed by atoms with van der Waals surface area (Å²) < 4.78 is 11.3. The molecule has 1 fully saturated rings. The van der Waals surface area contributed by atoms with E-state index in [1.165, 1.54) is 9.80 Å². The van der Waals surface area contributed by atoms with Crippen molar-refractivity contribution in [1.29, 1.82) is 0 Å². The Balaban J connectivity index is 1.86. The van der Waals surface area contributed by atoms with Gasteiger partial charge in [-0.3, -0.25) is 14.4 Å². The molecule has 7 nitrogen and oxygen atoms in total. The molecular formula is C21H28N2O5. The summed E-state index contributed by atoms with van der Waals surface area (Å²) in [6.07, 6.45) is 2.63. The van der Waals surface area contributed by atoms with Gasteiger partial charge in [0.1, 0.15) is 0 Å². The topological polar surface area (TPSA) is 76.1 Å². The van der Waals surface area contributed by atoms with Crippen LogP contribution in [0.25, 0.3) is 0 Å². The van der Waals surface area contributed by atoms with E-state index in [1.54, 1.807) is 34.3 Å². The maximum absolute atomic E-state index is 12.3. The van der Waals surface area contributed by atoms with Crippen molar-refractivity contribution in [3.8, 4) is 0 Å². The van der Waals surface area contributed by atoms with Crippen LogP contribution in [-0.2, 0) is 19.1 Å². The molecule has 28 heavy (non-hydrogen) atoms. The zero-order valence-electron chi connectivity index (χ0n) is 16.8. The second-order valence-corrected chi connectivity index (χ2v) is 7.06. The number of hydrogen-bond donors (Lipinski definition) is 0. The molecule has 152 valence electrons. The molecule has 0 bridgehead atoms. The molecule has 0 unspecified atom stereocenters. The van der Waals surface area contributed by atoms with E-state index in [9.17, 15) is 14.4 Å². The number of ether oxygens (including phenoxy) is 2. The van der Waals surface area contributed by atoms with Gasteiger partial charge in [0.15, 0.2) is 24.3 Å². The lowest BCUT2D eigenvalue weighted by Crippen LogP contribution is -2.47. The molecule has 2 amide bonds. The average Bonchev–Trinajstić information content (AvgIpc) is 3.10. The lowest BCUT2D eigenvalue weighted by molar-refractivity contribution is -0.146. The van der Waals surface area contributed by atoms with Crippen LogP contribution in [0.15, 0.2) is 42.5 Å². The third kappa shape index (κ3) is 5.74. The van der Waals surface area contributed by atoms with Crippen LogP contribution < -0.4 is 0 Å². The van der Waals surface area contributed by atoms with Crippen LogP contribution in [0.2, 0.25) is 0 Å². The number of allylic oxidation sites excluding steroid dienone is 1. The predicted octanol–water partition coefficient (Wildman–Crippen LogP) is 1.88. The van der Waals surface area contributed by atoms with Crippen molar-refractivity contribution < 1.29 is 23.9 Å². The fourth-order valence-corrected chi connectivity index (χ4v) is 2.80. The Morgan fingerprint density at radius 2 is 1.46 bits per heavy atom. The van der Waals surface area contributed by atoms with E-state index < -0.39 is 18.5 Å². The van der Waals surface area contributed by atoms with Crippen LogP contribution in [0.3, 0.4) is 0 Å². The molecular weight excluding hydrogens is 360 g/mol. The Hall–Kier alpha value is -2.51. The van der Waals surface area contributed by atoms with Gasteiger partial charge in [0.25, 0.3) is 11.8 Å². The smallest absolute Gasteiger partial charge is 0.254 e. The Bertz CT molecular complexity index is 687. The summed E-state index contributed by atoms with van der Waals surface area (Å²) in [4.78, 5) is 39.4. The zero-order chi connectivity index (χ0) is 20.7. The van der Waals surface area contributed by atoms with E-state index in [-0.39, 0.29) is 17.6 Å². The van der Waals surface area contributed by atoms with E-state index >= 15 is 0 Å². The van der Waals surface area contributed by atoms with Crippen molar-refractivity contribution >= 4 is 17.6 Å². The first kappa shape index (κ1) is 21.8. The minimum Gasteiger partial charge on any atom is -0.346 e. The molecule has 1 aromatic rings. The highest BCUT2D eigenvalue weighted by molar-refractivity contribution is 5.96. The number of carbonyl (C=O) groups is 3. The molecule has 2 atom stereocenters. The number of hydrogen-bond acceptors (Lipinski definition) is 5. The van der Waals surface area contributed by atoms with E-state index in [0.717, 1.165) is 0 Å². The van der Waals surface area contributed by atoms with Gasteiger partial charge in [-0.2, -0.15) is 0 Å². The van der Waals surface area contributed by atoms with Crippen LogP contribution in [-0.4, -0.2) is 74.1 Å². The number of Topliss-reactive ketones (excluding diaryl/α,β-unsaturated/α-hetero) is 1. The van der Waals surface area contributed by atoms with Crippen molar-refractivity contribution in [2.45, 2.75) is 37.8 Å². The number of ketones is 1. The summed E-state index contributed by atoms with van der Waals surface area (Å²) >= 11 is 0. The molecule has 1 aliphatic rings. The molecule has 1 aromatic carbocycles. The molecule has 0 aromatic heterocycles. The van der Waals surface area contributed by atoms with Crippen molar-refractivity contribution in [3.63, 3.8) is 0 Å². The molecule has 2 rings (SSSR count). The largest absolute Gasteiger partial charge is 0.346 e. The van der Waals surface area contributed by atoms with Crippen molar-refractivity contribution in [3.05, 3.63) is 48.0 Å². The normalized spacial score (nSPS) is 19.7.